The third-order valence-corrected chi connectivity index (χ3v) is 3.97. The molecule has 1 heterocycles. The molecule has 0 aromatic heterocycles. The van der Waals surface area contributed by atoms with E-state index in [0.29, 0.717) is 18.3 Å². The quantitative estimate of drug-likeness (QED) is 0.677. The number of urea groups is 1. The van der Waals surface area contributed by atoms with Gasteiger partial charge in [-0.2, -0.15) is 0 Å². The highest BCUT2D eigenvalue weighted by atomic mass is 19.1. The van der Waals surface area contributed by atoms with Gasteiger partial charge in [0.15, 0.2) is 0 Å². The lowest BCUT2D eigenvalue weighted by Crippen LogP contribution is -2.34. The van der Waals surface area contributed by atoms with Crippen LogP contribution < -0.4 is 10.6 Å². The maximum atomic E-state index is 12.7. The van der Waals surface area contributed by atoms with Crippen molar-refractivity contribution in [1.29, 1.82) is 0 Å². The summed E-state index contributed by atoms with van der Waals surface area (Å²) in [7, 11) is 0. The van der Waals surface area contributed by atoms with E-state index in [2.05, 4.69) is 15.5 Å². The number of hydrogen-bond donors (Lipinski definition) is 3. The fraction of sp³-hybridized carbons (Fsp3) is 0.562. The first-order chi connectivity index (χ1) is 10.7. The summed E-state index contributed by atoms with van der Waals surface area (Å²) in [5.74, 6) is -0.325. The summed E-state index contributed by atoms with van der Waals surface area (Å²) in [6.45, 7) is 2.86. The standard InChI is InChI=1S/C16H24FN3O2/c17-13-5-7-14(8-6-13)19-16(22)18-9-1-2-10-20-11-3-4-15(20)12-21/h5-8,15,21H,1-4,9-12H2,(H2,18,19,22)/t15-/m1/s1. The summed E-state index contributed by atoms with van der Waals surface area (Å²) in [6.07, 6.45) is 4.12. The van der Waals surface area contributed by atoms with Gasteiger partial charge in [-0.15, -0.1) is 0 Å². The van der Waals surface area contributed by atoms with Gasteiger partial charge in [-0.3, -0.25) is 4.90 Å². The summed E-state index contributed by atoms with van der Waals surface area (Å²) in [5, 5.41) is 14.7. The van der Waals surface area contributed by atoms with Crippen molar-refractivity contribution in [3.05, 3.63) is 30.1 Å². The van der Waals surface area contributed by atoms with Crippen LogP contribution in [0.2, 0.25) is 0 Å². The number of carbonyl (C=O) groups excluding carboxylic acids is 1. The van der Waals surface area contributed by atoms with Gasteiger partial charge in [-0.25, -0.2) is 9.18 Å². The Hall–Kier alpha value is -1.66. The Morgan fingerprint density at radius 3 is 2.82 bits per heavy atom. The van der Waals surface area contributed by atoms with Crippen LogP contribution in [0.3, 0.4) is 0 Å². The number of hydrogen-bond acceptors (Lipinski definition) is 3. The number of unbranched alkanes of at least 4 members (excludes halogenated alkanes) is 1. The zero-order chi connectivity index (χ0) is 15.8. The fourth-order valence-electron chi connectivity index (χ4n) is 2.75. The maximum absolute atomic E-state index is 12.7. The van der Waals surface area contributed by atoms with Crippen molar-refractivity contribution in [2.75, 3.05) is 31.6 Å². The number of anilines is 1. The minimum Gasteiger partial charge on any atom is -0.395 e. The van der Waals surface area contributed by atoms with E-state index >= 15 is 0 Å². The molecule has 0 saturated carbocycles. The molecule has 3 N–H and O–H groups in total. The van der Waals surface area contributed by atoms with Crippen molar-refractivity contribution < 1.29 is 14.3 Å². The first-order valence-electron chi connectivity index (χ1n) is 7.84. The Morgan fingerprint density at radius 1 is 1.32 bits per heavy atom. The normalized spacial score (nSPS) is 18.4. The number of carbonyl (C=O) groups is 1. The van der Waals surface area contributed by atoms with Gasteiger partial charge in [0, 0.05) is 18.3 Å². The molecular weight excluding hydrogens is 285 g/mol. The van der Waals surface area contributed by atoms with Gasteiger partial charge in [-0.1, -0.05) is 0 Å². The predicted molar refractivity (Wildman–Crippen MR) is 84.3 cm³/mol. The SMILES string of the molecule is O=C(NCCCCN1CCC[C@@H]1CO)Nc1ccc(F)cc1. The fourth-order valence-corrected chi connectivity index (χ4v) is 2.75. The van der Waals surface area contributed by atoms with Crippen molar-refractivity contribution >= 4 is 11.7 Å². The highest BCUT2D eigenvalue weighted by molar-refractivity contribution is 5.89. The van der Waals surface area contributed by atoms with Crippen molar-refractivity contribution in [2.24, 2.45) is 0 Å². The predicted octanol–water partition coefficient (Wildman–Crippen LogP) is 2.18. The highest BCUT2D eigenvalue weighted by Gasteiger charge is 2.22. The van der Waals surface area contributed by atoms with Crippen LogP contribution in [0.4, 0.5) is 14.9 Å². The third kappa shape index (κ3) is 5.27. The van der Waals surface area contributed by atoms with E-state index in [4.69, 9.17) is 0 Å². The topological polar surface area (TPSA) is 64.6 Å². The third-order valence-electron chi connectivity index (χ3n) is 3.97. The summed E-state index contributed by atoms with van der Waals surface area (Å²) in [6, 6.07) is 5.71. The average molecular weight is 309 g/mol. The van der Waals surface area contributed by atoms with Crippen molar-refractivity contribution in [3.8, 4) is 0 Å². The number of nitrogens with zero attached hydrogens (tertiary/aromatic N) is 1. The van der Waals surface area contributed by atoms with E-state index in [9.17, 15) is 14.3 Å². The molecule has 1 fully saturated rings. The van der Waals surface area contributed by atoms with Gasteiger partial charge in [0.05, 0.1) is 6.61 Å². The second-order valence-corrected chi connectivity index (χ2v) is 5.61. The Kier molecular flexibility index (Phi) is 6.61. The molecular formula is C16H24FN3O2. The van der Waals surface area contributed by atoms with Crippen LogP contribution in [0.5, 0.6) is 0 Å². The van der Waals surface area contributed by atoms with Gasteiger partial charge in [0.2, 0.25) is 0 Å². The van der Waals surface area contributed by atoms with Crippen LogP contribution in [0.1, 0.15) is 25.7 Å². The largest absolute Gasteiger partial charge is 0.395 e. The maximum Gasteiger partial charge on any atom is 0.319 e. The second-order valence-electron chi connectivity index (χ2n) is 5.61. The van der Waals surface area contributed by atoms with Crippen molar-refractivity contribution in [2.45, 2.75) is 31.7 Å². The van der Waals surface area contributed by atoms with E-state index in [1.165, 1.54) is 24.3 Å². The van der Waals surface area contributed by atoms with Crippen LogP contribution >= 0.6 is 0 Å². The van der Waals surface area contributed by atoms with Crippen LogP contribution in [-0.4, -0.2) is 48.3 Å². The first kappa shape index (κ1) is 16.7. The summed E-state index contributed by atoms with van der Waals surface area (Å²) < 4.78 is 12.7. The highest BCUT2D eigenvalue weighted by Crippen LogP contribution is 2.16. The smallest absolute Gasteiger partial charge is 0.319 e. The summed E-state index contributed by atoms with van der Waals surface area (Å²) in [4.78, 5) is 14.0. The summed E-state index contributed by atoms with van der Waals surface area (Å²) in [5.41, 5.74) is 0.571. The molecule has 0 unspecified atom stereocenters. The molecule has 1 atom stereocenters. The van der Waals surface area contributed by atoms with Crippen LogP contribution in [0.25, 0.3) is 0 Å². The van der Waals surface area contributed by atoms with E-state index < -0.39 is 0 Å². The molecule has 6 heteroatoms. The number of likely N-dealkylation sites (tertiary alicyclic amines) is 1. The second kappa shape index (κ2) is 8.70. The molecule has 1 saturated heterocycles. The molecule has 1 aliphatic heterocycles. The van der Waals surface area contributed by atoms with E-state index in [0.717, 1.165) is 38.8 Å². The monoisotopic (exact) mass is 309 g/mol. The molecule has 0 radical (unpaired) electrons. The Labute approximate surface area is 130 Å². The summed E-state index contributed by atoms with van der Waals surface area (Å²) >= 11 is 0. The number of benzene rings is 1. The Bertz CT molecular complexity index is 467. The number of aliphatic hydroxyl groups is 1. The van der Waals surface area contributed by atoms with Crippen molar-refractivity contribution in [3.63, 3.8) is 0 Å². The van der Waals surface area contributed by atoms with E-state index in [-0.39, 0.29) is 18.5 Å². The lowest BCUT2D eigenvalue weighted by molar-refractivity contribution is 0.157. The van der Waals surface area contributed by atoms with Crippen LogP contribution in [0, 0.1) is 5.82 Å². The lowest BCUT2D eigenvalue weighted by Gasteiger charge is -2.22. The molecule has 0 spiro atoms. The minimum absolute atomic E-state index is 0.234. The van der Waals surface area contributed by atoms with Gasteiger partial charge >= 0.3 is 6.03 Å². The van der Waals surface area contributed by atoms with E-state index in [1.54, 1.807) is 0 Å². The molecule has 1 aliphatic rings. The van der Waals surface area contributed by atoms with Gasteiger partial charge in [-0.05, 0) is 63.0 Å². The van der Waals surface area contributed by atoms with Crippen molar-refractivity contribution in [1.82, 2.24) is 10.2 Å². The molecule has 0 bridgehead atoms. The first-order valence-corrected chi connectivity index (χ1v) is 7.84. The van der Waals surface area contributed by atoms with Gasteiger partial charge in [0.1, 0.15) is 5.82 Å². The minimum atomic E-state index is -0.325. The molecule has 1 aromatic rings. The van der Waals surface area contributed by atoms with Crippen LogP contribution in [-0.2, 0) is 0 Å². The molecule has 2 amide bonds. The molecule has 0 aliphatic carbocycles. The Morgan fingerprint density at radius 2 is 2.09 bits per heavy atom. The van der Waals surface area contributed by atoms with E-state index in [1.807, 2.05) is 0 Å². The molecule has 122 valence electrons. The van der Waals surface area contributed by atoms with Crippen LogP contribution in [0.15, 0.2) is 24.3 Å². The van der Waals surface area contributed by atoms with Gasteiger partial charge < -0.3 is 15.7 Å². The molecule has 1 aromatic carbocycles. The zero-order valence-corrected chi connectivity index (χ0v) is 12.7. The molecule has 22 heavy (non-hydrogen) atoms. The molecule has 2 rings (SSSR count). The number of aliphatic hydroxyl groups excluding tert-OH is 1. The van der Waals surface area contributed by atoms with Gasteiger partial charge in [0.25, 0.3) is 0 Å². The number of halogens is 1. The Balaban J connectivity index is 1.56. The number of amides is 2. The number of rotatable bonds is 7. The average Bonchev–Trinajstić information content (AvgIpc) is 2.97. The molecule has 5 nitrogen and oxygen atoms in total. The lowest BCUT2D eigenvalue weighted by atomic mass is 10.2. The number of nitrogens with one attached hydrogen (secondary N) is 2. The zero-order valence-electron chi connectivity index (χ0n) is 12.7.